The average Bonchev–Trinajstić information content (AvgIpc) is 2.18. The quantitative estimate of drug-likeness (QED) is 0.373. The summed E-state index contributed by atoms with van der Waals surface area (Å²) in [6.07, 6.45) is 1.26. The van der Waals surface area contributed by atoms with Crippen LogP contribution in [0, 0.1) is 10.1 Å². The first-order chi connectivity index (χ1) is 8.21. The Morgan fingerprint density at radius 1 is 1.56 bits per heavy atom. The van der Waals surface area contributed by atoms with E-state index in [2.05, 4.69) is 10.3 Å². The van der Waals surface area contributed by atoms with Gasteiger partial charge in [0.25, 0.3) is 0 Å². The van der Waals surface area contributed by atoms with Gasteiger partial charge in [-0.1, -0.05) is 11.6 Å². The van der Waals surface area contributed by atoms with E-state index >= 15 is 0 Å². The van der Waals surface area contributed by atoms with E-state index in [1.807, 2.05) is 0 Å². The molecule has 0 aromatic carbocycles. The Morgan fingerprint density at radius 3 is 2.56 bits per heavy atom. The van der Waals surface area contributed by atoms with Crippen molar-refractivity contribution < 1.29 is 17.9 Å². The third-order valence-corrected chi connectivity index (χ3v) is 2.96. The zero-order chi connectivity index (χ0) is 13.9. The SMILES string of the molecule is CC(Nc1ccc(Cl)nc1)=C([N+](=O)[O-])S(=O)(=O)O. The third-order valence-electron chi connectivity index (χ3n) is 1.79. The highest BCUT2D eigenvalue weighted by Crippen LogP contribution is 2.16. The molecule has 8 nitrogen and oxygen atoms in total. The molecule has 2 N–H and O–H groups in total. The number of pyridine rings is 1. The Balaban J connectivity index is 3.14. The Morgan fingerprint density at radius 2 is 2.17 bits per heavy atom. The lowest BCUT2D eigenvalue weighted by Crippen LogP contribution is -2.16. The highest BCUT2D eigenvalue weighted by molar-refractivity contribution is 7.89. The topological polar surface area (TPSA) is 122 Å². The maximum absolute atomic E-state index is 10.8. The fraction of sp³-hybridized carbons (Fsp3) is 0.125. The van der Waals surface area contributed by atoms with Crippen LogP contribution in [-0.4, -0.2) is 22.9 Å². The first-order valence-electron chi connectivity index (χ1n) is 4.43. The predicted molar refractivity (Wildman–Crippen MR) is 64.1 cm³/mol. The van der Waals surface area contributed by atoms with Crippen LogP contribution in [0.1, 0.15) is 6.92 Å². The molecule has 1 heterocycles. The largest absolute Gasteiger partial charge is 0.404 e. The molecule has 0 unspecified atom stereocenters. The summed E-state index contributed by atoms with van der Waals surface area (Å²) in [6.45, 7) is 1.14. The van der Waals surface area contributed by atoms with Gasteiger partial charge in [0, 0.05) is 0 Å². The summed E-state index contributed by atoms with van der Waals surface area (Å²) in [7, 11) is -4.92. The zero-order valence-corrected chi connectivity index (χ0v) is 10.6. The highest BCUT2D eigenvalue weighted by Gasteiger charge is 2.30. The van der Waals surface area contributed by atoms with Crippen LogP contribution >= 0.6 is 11.6 Å². The molecule has 0 atom stereocenters. The summed E-state index contributed by atoms with van der Waals surface area (Å²) < 4.78 is 30.4. The van der Waals surface area contributed by atoms with Crippen LogP contribution in [0.15, 0.2) is 29.1 Å². The Hall–Kier alpha value is -1.71. The van der Waals surface area contributed by atoms with Crippen molar-refractivity contribution in [3.63, 3.8) is 0 Å². The summed E-state index contributed by atoms with van der Waals surface area (Å²) in [5, 5.41) is 11.9. The minimum absolute atomic E-state index is 0.214. The van der Waals surface area contributed by atoms with Crippen LogP contribution in [0.5, 0.6) is 0 Å². The number of nitro groups is 1. The molecule has 18 heavy (non-hydrogen) atoms. The average molecular weight is 294 g/mol. The van der Waals surface area contributed by atoms with E-state index in [4.69, 9.17) is 16.2 Å². The third kappa shape index (κ3) is 3.65. The minimum Gasteiger partial charge on any atom is -0.352 e. The van der Waals surface area contributed by atoms with Gasteiger partial charge in [-0.2, -0.15) is 8.42 Å². The Bertz CT molecular complexity index is 596. The molecule has 0 radical (unpaired) electrons. The fourth-order valence-electron chi connectivity index (χ4n) is 1.14. The molecular weight excluding hydrogens is 286 g/mol. The second-order valence-corrected chi connectivity index (χ2v) is 4.88. The lowest BCUT2D eigenvalue weighted by atomic mass is 10.4. The Labute approximate surface area is 107 Å². The van der Waals surface area contributed by atoms with Crippen LogP contribution in [0.4, 0.5) is 5.69 Å². The van der Waals surface area contributed by atoms with Gasteiger partial charge in [0.05, 0.1) is 16.8 Å². The van der Waals surface area contributed by atoms with Crippen molar-refractivity contribution in [2.75, 3.05) is 5.32 Å². The van der Waals surface area contributed by atoms with E-state index in [0.717, 1.165) is 6.92 Å². The van der Waals surface area contributed by atoms with Gasteiger partial charge >= 0.3 is 15.1 Å². The molecule has 0 bridgehead atoms. The number of anilines is 1. The van der Waals surface area contributed by atoms with Crippen molar-refractivity contribution in [1.82, 2.24) is 4.98 Å². The predicted octanol–water partition coefficient (Wildman–Crippen LogP) is 1.50. The van der Waals surface area contributed by atoms with Crippen molar-refractivity contribution in [3.05, 3.63) is 44.3 Å². The van der Waals surface area contributed by atoms with Crippen LogP contribution in [0.25, 0.3) is 0 Å². The second kappa shape index (κ2) is 5.29. The smallest absolute Gasteiger partial charge is 0.352 e. The van der Waals surface area contributed by atoms with Gasteiger partial charge in [-0.15, -0.1) is 0 Å². The molecule has 0 aliphatic rings. The maximum atomic E-state index is 10.8. The summed E-state index contributed by atoms with van der Waals surface area (Å²) >= 11 is 5.54. The molecule has 10 heteroatoms. The summed E-state index contributed by atoms with van der Waals surface area (Å²) in [5.74, 6) is 0. The second-order valence-electron chi connectivity index (χ2n) is 3.16. The van der Waals surface area contributed by atoms with E-state index in [9.17, 15) is 18.5 Å². The molecule has 0 aliphatic carbocycles. The van der Waals surface area contributed by atoms with Gasteiger partial charge in [0.15, 0.2) is 0 Å². The van der Waals surface area contributed by atoms with Gasteiger partial charge < -0.3 is 5.32 Å². The van der Waals surface area contributed by atoms with Gasteiger partial charge in [0.1, 0.15) is 10.9 Å². The number of nitrogens with one attached hydrogen (secondary N) is 1. The summed E-state index contributed by atoms with van der Waals surface area (Å²) in [4.78, 5) is 13.1. The van der Waals surface area contributed by atoms with E-state index in [-0.39, 0.29) is 10.9 Å². The number of halogens is 1. The Kier molecular flexibility index (Phi) is 4.22. The minimum atomic E-state index is -4.92. The van der Waals surface area contributed by atoms with Crippen LogP contribution < -0.4 is 5.32 Å². The van der Waals surface area contributed by atoms with Gasteiger partial charge in [-0.25, -0.2) is 4.98 Å². The lowest BCUT2D eigenvalue weighted by molar-refractivity contribution is -0.413. The van der Waals surface area contributed by atoms with Crippen molar-refractivity contribution in [1.29, 1.82) is 0 Å². The molecule has 1 aromatic rings. The number of aromatic nitrogens is 1. The summed E-state index contributed by atoms with van der Waals surface area (Å²) in [6, 6.07) is 2.86. The molecule has 1 rings (SSSR count). The van der Waals surface area contributed by atoms with Gasteiger partial charge in [-0.3, -0.25) is 14.7 Å². The molecule has 0 spiro atoms. The fourth-order valence-corrected chi connectivity index (χ4v) is 1.88. The van der Waals surface area contributed by atoms with Gasteiger partial charge in [0.2, 0.25) is 0 Å². The van der Waals surface area contributed by atoms with E-state index < -0.39 is 20.1 Å². The van der Waals surface area contributed by atoms with Crippen molar-refractivity contribution in [2.45, 2.75) is 6.92 Å². The standard InChI is InChI=1S/C8H8ClN3O5S/c1-5(8(12(13)14)18(15,16)17)11-6-2-3-7(9)10-4-6/h2-4,11H,1H3,(H,15,16,17). The molecular formula is C8H8ClN3O5S. The molecule has 1 aromatic heterocycles. The van der Waals surface area contributed by atoms with E-state index in [1.54, 1.807) is 0 Å². The van der Waals surface area contributed by atoms with E-state index in [0.29, 0.717) is 5.69 Å². The number of hydrogen-bond donors (Lipinski definition) is 2. The highest BCUT2D eigenvalue weighted by atomic mass is 35.5. The molecule has 0 saturated heterocycles. The first-order valence-corrected chi connectivity index (χ1v) is 6.25. The van der Waals surface area contributed by atoms with Crippen molar-refractivity contribution >= 4 is 27.4 Å². The van der Waals surface area contributed by atoms with Crippen molar-refractivity contribution in [3.8, 4) is 0 Å². The summed E-state index contributed by atoms with van der Waals surface area (Å²) in [5.41, 5.74) is -0.0495. The molecule has 0 aliphatic heterocycles. The maximum Gasteiger partial charge on any atom is 0.404 e. The van der Waals surface area contributed by atoms with Crippen molar-refractivity contribution in [2.24, 2.45) is 0 Å². The van der Waals surface area contributed by atoms with Crippen LogP contribution in [-0.2, 0) is 10.1 Å². The molecule has 0 saturated carbocycles. The van der Waals surface area contributed by atoms with E-state index in [1.165, 1.54) is 18.3 Å². The zero-order valence-electron chi connectivity index (χ0n) is 8.99. The molecule has 98 valence electrons. The van der Waals surface area contributed by atoms with Crippen LogP contribution in [0.3, 0.4) is 0 Å². The number of rotatable bonds is 4. The number of hydrogen-bond acceptors (Lipinski definition) is 6. The van der Waals surface area contributed by atoms with Crippen LogP contribution in [0.2, 0.25) is 5.15 Å². The normalized spacial score (nSPS) is 12.8. The molecule has 0 fully saturated rings. The first kappa shape index (κ1) is 14.4. The monoisotopic (exact) mass is 293 g/mol. The number of nitrogens with zero attached hydrogens (tertiary/aromatic N) is 2. The lowest BCUT2D eigenvalue weighted by Gasteiger charge is -2.06. The molecule has 0 amide bonds. The van der Waals surface area contributed by atoms with Gasteiger partial charge in [-0.05, 0) is 19.1 Å². The number of allylic oxidation sites excluding steroid dienone is 1.